The Kier molecular flexibility index (Phi) is 2.01. The third-order valence-corrected chi connectivity index (χ3v) is 2.07. The summed E-state index contributed by atoms with van der Waals surface area (Å²) in [5, 5.41) is 0.300. The van der Waals surface area contributed by atoms with Crippen molar-refractivity contribution in [3.8, 4) is 0 Å². The molecule has 0 aromatic carbocycles. The van der Waals surface area contributed by atoms with Gasteiger partial charge in [0.05, 0.1) is 0 Å². The summed E-state index contributed by atoms with van der Waals surface area (Å²) in [5.41, 5.74) is 0. The van der Waals surface area contributed by atoms with Crippen molar-refractivity contribution < 1.29 is 4.79 Å². The zero-order chi connectivity index (χ0) is 6.85. The van der Waals surface area contributed by atoms with Crippen molar-refractivity contribution in [2.75, 3.05) is 13.6 Å². The van der Waals surface area contributed by atoms with E-state index in [1.54, 1.807) is 4.90 Å². The van der Waals surface area contributed by atoms with Gasteiger partial charge in [-0.15, -0.1) is 0 Å². The average molecular weight is 145 g/mol. The second kappa shape index (κ2) is 2.60. The Hall–Kier alpha value is -0.180. The van der Waals surface area contributed by atoms with E-state index in [1.807, 2.05) is 7.05 Å². The van der Waals surface area contributed by atoms with Crippen LogP contribution in [0.4, 0.5) is 0 Å². The average Bonchev–Trinajstić information content (AvgIpc) is 1.80. The minimum atomic E-state index is 0.223. The van der Waals surface area contributed by atoms with Gasteiger partial charge in [0, 0.05) is 25.3 Å². The molecule has 1 fully saturated rings. The SMILES string of the molecule is CN1CC[C@@H](S)CC1=O. The summed E-state index contributed by atoms with van der Waals surface area (Å²) in [7, 11) is 1.84. The molecule has 2 nitrogen and oxygen atoms in total. The van der Waals surface area contributed by atoms with Crippen molar-refractivity contribution in [2.45, 2.75) is 18.1 Å². The number of hydrogen-bond acceptors (Lipinski definition) is 2. The molecule has 0 radical (unpaired) electrons. The zero-order valence-electron chi connectivity index (χ0n) is 5.50. The number of carbonyl (C=O) groups excluding carboxylic acids is 1. The first-order valence-corrected chi connectivity index (χ1v) is 3.64. The molecule has 52 valence electrons. The normalized spacial score (nSPS) is 28.9. The quantitative estimate of drug-likeness (QED) is 0.493. The highest BCUT2D eigenvalue weighted by atomic mass is 32.1. The van der Waals surface area contributed by atoms with Crippen LogP contribution in [0, 0.1) is 0 Å². The van der Waals surface area contributed by atoms with Crippen LogP contribution in [0.5, 0.6) is 0 Å². The highest BCUT2D eigenvalue weighted by Crippen LogP contribution is 2.14. The van der Waals surface area contributed by atoms with Crippen LogP contribution in [0.25, 0.3) is 0 Å². The van der Waals surface area contributed by atoms with E-state index >= 15 is 0 Å². The number of rotatable bonds is 0. The molecule has 0 aromatic rings. The highest BCUT2D eigenvalue weighted by Gasteiger charge is 2.19. The molecule has 0 unspecified atom stereocenters. The van der Waals surface area contributed by atoms with Gasteiger partial charge < -0.3 is 4.90 Å². The maximum atomic E-state index is 10.9. The molecule has 0 spiro atoms. The summed E-state index contributed by atoms with van der Waals surface area (Å²) in [6.07, 6.45) is 1.64. The standard InChI is InChI=1S/C6H11NOS/c1-7-3-2-5(9)4-6(7)8/h5,9H,2-4H2,1H3/t5-/m1/s1. The van der Waals surface area contributed by atoms with Gasteiger partial charge in [0.25, 0.3) is 0 Å². The van der Waals surface area contributed by atoms with Gasteiger partial charge in [-0.05, 0) is 6.42 Å². The van der Waals surface area contributed by atoms with Crippen LogP contribution in [0.1, 0.15) is 12.8 Å². The van der Waals surface area contributed by atoms with Crippen LogP contribution < -0.4 is 0 Å². The molecule has 0 aliphatic carbocycles. The Labute approximate surface area is 60.6 Å². The number of nitrogens with zero attached hydrogens (tertiary/aromatic N) is 1. The van der Waals surface area contributed by atoms with Crippen LogP contribution in [0.15, 0.2) is 0 Å². The maximum absolute atomic E-state index is 10.9. The van der Waals surface area contributed by atoms with Crippen LogP contribution in [-0.2, 0) is 4.79 Å². The number of hydrogen-bond donors (Lipinski definition) is 1. The van der Waals surface area contributed by atoms with E-state index in [2.05, 4.69) is 12.6 Å². The number of carbonyl (C=O) groups is 1. The van der Waals surface area contributed by atoms with Crippen LogP contribution in [0.3, 0.4) is 0 Å². The van der Waals surface area contributed by atoms with Gasteiger partial charge in [-0.25, -0.2) is 0 Å². The third kappa shape index (κ3) is 1.61. The minimum Gasteiger partial charge on any atom is -0.346 e. The zero-order valence-corrected chi connectivity index (χ0v) is 6.40. The lowest BCUT2D eigenvalue weighted by molar-refractivity contribution is -0.131. The summed E-state index contributed by atoms with van der Waals surface area (Å²) in [6, 6.07) is 0. The first-order chi connectivity index (χ1) is 4.20. The van der Waals surface area contributed by atoms with E-state index in [1.165, 1.54) is 0 Å². The van der Waals surface area contributed by atoms with E-state index < -0.39 is 0 Å². The van der Waals surface area contributed by atoms with Gasteiger partial charge in [-0.2, -0.15) is 12.6 Å². The molecule has 0 aromatic heterocycles. The van der Waals surface area contributed by atoms with Crippen molar-refractivity contribution >= 4 is 18.5 Å². The summed E-state index contributed by atoms with van der Waals surface area (Å²) < 4.78 is 0. The van der Waals surface area contributed by atoms with E-state index in [0.717, 1.165) is 13.0 Å². The lowest BCUT2D eigenvalue weighted by Gasteiger charge is -2.25. The predicted octanol–water partition coefficient (Wildman–Crippen LogP) is 0.537. The molecule has 0 bridgehead atoms. The summed E-state index contributed by atoms with van der Waals surface area (Å²) in [6.45, 7) is 0.868. The molecule has 1 saturated heterocycles. The fourth-order valence-corrected chi connectivity index (χ4v) is 1.20. The van der Waals surface area contributed by atoms with E-state index in [9.17, 15) is 4.79 Å². The molecule has 1 rings (SSSR count). The van der Waals surface area contributed by atoms with E-state index in [0.29, 0.717) is 11.7 Å². The van der Waals surface area contributed by atoms with Crippen LogP contribution in [-0.4, -0.2) is 29.6 Å². The van der Waals surface area contributed by atoms with Crippen molar-refractivity contribution in [3.05, 3.63) is 0 Å². The lowest BCUT2D eigenvalue weighted by atomic mass is 10.1. The van der Waals surface area contributed by atoms with Gasteiger partial charge >= 0.3 is 0 Å². The molecule has 1 amide bonds. The minimum absolute atomic E-state index is 0.223. The summed E-state index contributed by atoms with van der Waals surface area (Å²) >= 11 is 4.21. The molecule has 0 N–H and O–H groups in total. The largest absolute Gasteiger partial charge is 0.346 e. The molecule has 1 atom stereocenters. The summed E-state index contributed by atoms with van der Waals surface area (Å²) in [5.74, 6) is 0.223. The Balaban J connectivity index is 2.44. The molecule has 1 aliphatic rings. The molecule has 0 saturated carbocycles. The van der Waals surface area contributed by atoms with Crippen molar-refractivity contribution in [1.29, 1.82) is 0 Å². The van der Waals surface area contributed by atoms with Gasteiger partial charge in [-0.3, -0.25) is 4.79 Å². The summed E-state index contributed by atoms with van der Waals surface area (Å²) in [4.78, 5) is 12.6. The first kappa shape index (κ1) is 6.93. The van der Waals surface area contributed by atoms with Crippen molar-refractivity contribution in [3.63, 3.8) is 0 Å². The Morgan fingerprint density at radius 2 is 2.44 bits per heavy atom. The number of amides is 1. The number of thiol groups is 1. The number of piperidine rings is 1. The van der Waals surface area contributed by atoms with Gasteiger partial charge in [0.15, 0.2) is 0 Å². The Morgan fingerprint density at radius 3 is 2.89 bits per heavy atom. The molecule has 1 aliphatic heterocycles. The molecular weight excluding hydrogens is 134 g/mol. The van der Waals surface area contributed by atoms with Crippen LogP contribution >= 0.6 is 12.6 Å². The van der Waals surface area contributed by atoms with Crippen molar-refractivity contribution in [1.82, 2.24) is 4.90 Å². The monoisotopic (exact) mass is 145 g/mol. The second-order valence-electron chi connectivity index (χ2n) is 2.46. The topological polar surface area (TPSA) is 20.3 Å². The molecule has 9 heavy (non-hydrogen) atoms. The van der Waals surface area contributed by atoms with Gasteiger partial charge in [-0.1, -0.05) is 0 Å². The van der Waals surface area contributed by atoms with Gasteiger partial charge in [0.1, 0.15) is 0 Å². The fraction of sp³-hybridized carbons (Fsp3) is 0.833. The van der Waals surface area contributed by atoms with E-state index in [4.69, 9.17) is 0 Å². The predicted molar refractivity (Wildman–Crippen MR) is 39.6 cm³/mol. The first-order valence-electron chi connectivity index (χ1n) is 3.12. The van der Waals surface area contributed by atoms with E-state index in [-0.39, 0.29) is 5.91 Å². The Bertz CT molecular complexity index is 126. The lowest BCUT2D eigenvalue weighted by Crippen LogP contribution is -2.35. The molecule has 1 heterocycles. The van der Waals surface area contributed by atoms with Crippen LogP contribution in [0.2, 0.25) is 0 Å². The Morgan fingerprint density at radius 1 is 1.78 bits per heavy atom. The molecular formula is C6H11NOS. The van der Waals surface area contributed by atoms with Gasteiger partial charge in [0.2, 0.25) is 5.91 Å². The smallest absolute Gasteiger partial charge is 0.223 e. The van der Waals surface area contributed by atoms with Crippen molar-refractivity contribution in [2.24, 2.45) is 0 Å². The second-order valence-corrected chi connectivity index (χ2v) is 3.19. The fourth-order valence-electron chi connectivity index (χ4n) is 0.927. The molecule has 3 heteroatoms. The third-order valence-electron chi connectivity index (χ3n) is 1.63. The maximum Gasteiger partial charge on any atom is 0.223 e. The number of likely N-dealkylation sites (tertiary alicyclic amines) is 1. The highest BCUT2D eigenvalue weighted by molar-refractivity contribution is 7.81.